The van der Waals surface area contributed by atoms with Gasteiger partial charge in [0.15, 0.2) is 0 Å². The predicted octanol–water partition coefficient (Wildman–Crippen LogP) is 1.68. The largest absolute Gasteiger partial charge is 0.399 e. The average Bonchev–Trinajstić information content (AvgIpc) is 2.74. The van der Waals surface area contributed by atoms with Crippen LogP contribution in [0.25, 0.3) is 0 Å². The molecule has 0 aliphatic rings. The van der Waals surface area contributed by atoms with Crippen LogP contribution in [0.4, 0.5) is 10.8 Å². The molecule has 2 rings (SSSR count). The van der Waals surface area contributed by atoms with Gasteiger partial charge in [-0.25, -0.2) is 0 Å². The van der Waals surface area contributed by atoms with Crippen molar-refractivity contribution in [1.82, 2.24) is 10.2 Å². The maximum atomic E-state index is 11.9. The van der Waals surface area contributed by atoms with Crippen LogP contribution in [-0.2, 0) is 0 Å². The Kier molecular flexibility index (Phi) is 2.82. The number of nitrogens with one attached hydrogen (secondary N) is 1. The molecule has 1 aromatic heterocycles. The Bertz CT molecular complexity index is 510. The molecule has 0 spiro atoms. The minimum atomic E-state index is -0.221. The Morgan fingerprint density at radius 1 is 1.50 bits per heavy atom. The summed E-state index contributed by atoms with van der Waals surface area (Å²) >= 11 is 1.27. The van der Waals surface area contributed by atoms with E-state index in [0.29, 0.717) is 16.4 Å². The quantitative estimate of drug-likeness (QED) is 0.775. The number of aromatic nitrogens is 2. The Hall–Kier alpha value is -1.95. The van der Waals surface area contributed by atoms with Gasteiger partial charge >= 0.3 is 0 Å². The first-order chi connectivity index (χ1) is 7.66. The number of aryl methyl sites for hydroxylation is 1. The van der Waals surface area contributed by atoms with E-state index in [-0.39, 0.29) is 5.91 Å². The second-order valence-corrected chi connectivity index (χ2v) is 4.11. The van der Waals surface area contributed by atoms with Crippen molar-refractivity contribution in [3.63, 3.8) is 0 Å². The molecule has 1 amide bonds. The monoisotopic (exact) mass is 234 g/mol. The zero-order valence-corrected chi connectivity index (χ0v) is 9.41. The molecule has 82 valence electrons. The van der Waals surface area contributed by atoms with Crippen LogP contribution >= 0.6 is 11.3 Å². The number of nitrogens with zero attached hydrogens (tertiary/aromatic N) is 2. The minimum absolute atomic E-state index is 0.221. The lowest BCUT2D eigenvalue weighted by Crippen LogP contribution is -2.13. The molecule has 0 bridgehead atoms. The van der Waals surface area contributed by atoms with Crippen molar-refractivity contribution in [1.29, 1.82) is 0 Å². The van der Waals surface area contributed by atoms with Gasteiger partial charge in [-0.2, -0.15) is 0 Å². The Morgan fingerprint density at radius 3 is 3.00 bits per heavy atom. The van der Waals surface area contributed by atoms with E-state index in [2.05, 4.69) is 15.5 Å². The lowest BCUT2D eigenvalue weighted by atomic mass is 10.1. The molecule has 0 saturated heterocycles. The summed E-state index contributed by atoms with van der Waals surface area (Å²) in [5.41, 5.74) is 9.18. The van der Waals surface area contributed by atoms with Gasteiger partial charge in [-0.3, -0.25) is 10.1 Å². The van der Waals surface area contributed by atoms with Gasteiger partial charge < -0.3 is 5.73 Å². The van der Waals surface area contributed by atoms with E-state index >= 15 is 0 Å². The zero-order valence-electron chi connectivity index (χ0n) is 8.60. The SMILES string of the molecule is Cc1ccc(N)cc1C(=O)Nc1nncs1. The van der Waals surface area contributed by atoms with Crippen molar-refractivity contribution in [2.24, 2.45) is 0 Å². The first-order valence-corrected chi connectivity index (χ1v) is 5.48. The summed E-state index contributed by atoms with van der Waals surface area (Å²) in [5.74, 6) is -0.221. The van der Waals surface area contributed by atoms with E-state index in [0.717, 1.165) is 5.56 Å². The number of carbonyl (C=O) groups is 1. The number of anilines is 2. The van der Waals surface area contributed by atoms with Crippen LogP contribution in [0, 0.1) is 6.92 Å². The number of nitrogen functional groups attached to an aromatic ring is 1. The van der Waals surface area contributed by atoms with Crippen molar-refractivity contribution in [3.05, 3.63) is 34.8 Å². The van der Waals surface area contributed by atoms with Crippen LogP contribution in [0.3, 0.4) is 0 Å². The molecule has 5 nitrogen and oxygen atoms in total. The standard InChI is InChI=1S/C10H10N4OS/c1-6-2-3-7(11)4-8(6)9(15)13-10-14-12-5-16-10/h2-5H,11H2,1H3,(H,13,14,15). The smallest absolute Gasteiger partial charge is 0.257 e. The zero-order chi connectivity index (χ0) is 11.5. The van der Waals surface area contributed by atoms with Crippen LogP contribution in [-0.4, -0.2) is 16.1 Å². The Balaban J connectivity index is 2.24. The molecule has 6 heteroatoms. The van der Waals surface area contributed by atoms with E-state index in [1.165, 1.54) is 11.3 Å². The maximum Gasteiger partial charge on any atom is 0.257 e. The summed E-state index contributed by atoms with van der Waals surface area (Å²) in [6.45, 7) is 1.86. The molecule has 1 aromatic carbocycles. The van der Waals surface area contributed by atoms with Crippen LogP contribution in [0.15, 0.2) is 23.7 Å². The van der Waals surface area contributed by atoms with E-state index in [4.69, 9.17) is 5.73 Å². The van der Waals surface area contributed by atoms with Crippen LogP contribution in [0.1, 0.15) is 15.9 Å². The molecular formula is C10H10N4OS. The lowest BCUT2D eigenvalue weighted by Gasteiger charge is -2.05. The Morgan fingerprint density at radius 2 is 2.31 bits per heavy atom. The van der Waals surface area contributed by atoms with Crippen molar-refractivity contribution in [2.75, 3.05) is 11.1 Å². The molecule has 0 saturated carbocycles. The lowest BCUT2D eigenvalue weighted by molar-refractivity contribution is 0.102. The topological polar surface area (TPSA) is 80.9 Å². The molecule has 0 aliphatic carbocycles. The van der Waals surface area contributed by atoms with Gasteiger partial charge in [-0.15, -0.1) is 10.2 Å². The molecule has 0 atom stereocenters. The summed E-state index contributed by atoms with van der Waals surface area (Å²) in [7, 11) is 0. The van der Waals surface area contributed by atoms with Crippen molar-refractivity contribution < 1.29 is 4.79 Å². The minimum Gasteiger partial charge on any atom is -0.399 e. The fourth-order valence-corrected chi connectivity index (χ4v) is 1.72. The number of amides is 1. The molecule has 0 aliphatic heterocycles. The highest BCUT2D eigenvalue weighted by atomic mass is 32.1. The molecule has 2 aromatic rings. The van der Waals surface area contributed by atoms with Crippen LogP contribution in [0.2, 0.25) is 0 Å². The first-order valence-electron chi connectivity index (χ1n) is 4.60. The van der Waals surface area contributed by atoms with Crippen molar-refractivity contribution >= 4 is 28.1 Å². The van der Waals surface area contributed by atoms with Gasteiger partial charge in [0.1, 0.15) is 5.51 Å². The summed E-state index contributed by atoms with van der Waals surface area (Å²) in [6, 6.07) is 5.22. The fraction of sp³-hybridized carbons (Fsp3) is 0.100. The number of hydrogen-bond acceptors (Lipinski definition) is 5. The molecule has 3 N–H and O–H groups in total. The van der Waals surface area contributed by atoms with E-state index < -0.39 is 0 Å². The number of benzene rings is 1. The van der Waals surface area contributed by atoms with E-state index in [1.807, 2.05) is 13.0 Å². The second kappa shape index (κ2) is 4.28. The Labute approximate surface area is 96.3 Å². The van der Waals surface area contributed by atoms with Gasteiger partial charge in [0, 0.05) is 11.3 Å². The van der Waals surface area contributed by atoms with Crippen molar-refractivity contribution in [3.8, 4) is 0 Å². The first kappa shape index (κ1) is 10.6. The molecule has 0 unspecified atom stereocenters. The third kappa shape index (κ3) is 2.17. The van der Waals surface area contributed by atoms with Gasteiger partial charge in [-0.05, 0) is 24.6 Å². The highest BCUT2D eigenvalue weighted by Crippen LogP contribution is 2.15. The highest BCUT2D eigenvalue weighted by Gasteiger charge is 2.10. The van der Waals surface area contributed by atoms with Gasteiger partial charge in [0.25, 0.3) is 5.91 Å². The predicted molar refractivity (Wildman–Crippen MR) is 63.5 cm³/mol. The number of nitrogens with two attached hydrogens (primary N) is 1. The third-order valence-corrected chi connectivity index (χ3v) is 2.69. The normalized spacial score (nSPS) is 10.1. The van der Waals surface area contributed by atoms with Crippen LogP contribution in [0.5, 0.6) is 0 Å². The van der Waals surface area contributed by atoms with Crippen LogP contribution < -0.4 is 11.1 Å². The third-order valence-electron chi connectivity index (χ3n) is 2.09. The molecular weight excluding hydrogens is 224 g/mol. The maximum absolute atomic E-state index is 11.9. The average molecular weight is 234 g/mol. The summed E-state index contributed by atoms with van der Waals surface area (Å²) < 4.78 is 0. The van der Waals surface area contributed by atoms with Crippen molar-refractivity contribution in [2.45, 2.75) is 6.92 Å². The van der Waals surface area contributed by atoms with E-state index in [1.54, 1.807) is 17.6 Å². The van der Waals surface area contributed by atoms with E-state index in [9.17, 15) is 4.79 Å². The summed E-state index contributed by atoms with van der Waals surface area (Å²) in [6.07, 6.45) is 0. The fourth-order valence-electron chi connectivity index (χ4n) is 1.28. The van der Waals surface area contributed by atoms with Gasteiger partial charge in [0.05, 0.1) is 0 Å². The number of carbonyl (C=O) groups excluding carboxylic acids is 1. The molecule has 0 radical (unpaired) electrons. The number of rotatable bonds is 2. The molecule has 0 fully saturated rings. The van der Waals surface area contributed by atoms with Gasteiger partial charge in [0.2, 0.25) is 5.13 Å². The highest BCUT2D eigenvalue weighted by molar-refractivity contribution is 7.13. The summed E-state index contributed by atoms with van der Waals surface area (Å²) in [5, 5.41) is 10.5. The number of hydrogen-bond donors (Lipinski definition) is 2. The van der Waals surface area contributed by atoms with Gasteiger partial charge in [-0.1, -0.05) is 17.4 Å². The second-order valence-electron chi connectivity index (χ2n) is 3.27. The molecule has 16 heavy (non-hydrogen) atoms. The molecule has 1 heterocycles. The summed E-state index contributed by atoms with van der Waals surface area (Å²) in [4.78, 5) is 11.9.